The molecule has 0 spiro atoms. The molecule has 6 heteroatoms. The van der Waals surface area contributed by atoms with Gasteiger partial charge in [-0.1, -0.05) is 48.0 Å². The molecule has 0 aliphatic carbocycles. The Morgan fingerprint density at radius 2 is 1.97 bits per heavy atom. The summed E-state index contributed by atoms with van der Waals surface area (Å²) in [6, 6.07) is 17.6. The standard InChI is InChI=1S/C24H24N2O4/c1-17-6-8-18(9-7-17)13-25-24(28)16-30-23-15-29-20(12-22(23)27)14-26-11-10-19-4-2-3-5-21(19)26/h2-9,12,15H,10-11,13-14,16H2,1H3,(H,25,28). The van der Waals surface area contributed by atoms with Crippen LogP contribution in [0.15, 0.2) is 70.1 Å². The molecule has 30 heavy (non-hydrogen) atoms. The SMILES string of the molecule is Cc1ccc(CNC(=O)COc2coc(CN3CCc4ccccc43)cc2=O)cc1. The number of nitrogens with zero attached hydrogens (tertiary/aromatic N) is 1. The molecule has 0 bridgehead atoms. The maximum atomic E-state index is 12.3. The van der Waals surface area contributed by atoms with Gasteiger partial charge in [0.25, 0.3) is 5.91 Å². The lowest BCUT2D eigenvalue weighted by molar-refractivity contribution is -0.123. The van der Waals surface area contributed by atoms with Gasteiger partial charge in [-0.15, -0.1) is 0 Å². The van der Waals surface area contributed by atoms with Crippen LogP contribution in [0.2, 0.25) is 0 Å². The monoisotopic (exact) mass is 404 g/mol. The molecule has 3 aromatic rings. The van der Waals surface area contributed by atoms with Gasteiger partial charge in [-0.2, -0.15) is 0 Å². The van der Waals surface area contributed by atoms with Gasteiger partial charge in [0.2, 0.25) is 11.2 Å². The molecule has 1 aliphatic rings. The average Bonchev–Trinajstić information content (AvgIpc) is 3.16. The molecule has 6 nitrogen and oxygen atoms in total. The topological polar surface area (TPSA) is 71.8 Å². The highest BCUT2D eigenvalue weighted by Crippen LogP contribution is 2.28. The molecule has 0 atom stereocenters. The summed E-state index contributed by atoms with van der Waals surface area (Å²) >= 11 is 0. The number of fused-ring (bicyclic) bond motifs is 1. The Hall–Kier alpha value is -3.54. The summed E-state index contributed by atoms with van der Waals surface area (Å²) in [4.78, 5) is 26.5. The summed E-state index contributed by atoms with van der Waals surface area (Å²) in [6.07, 6.45) is 2.27. The Labute approximate surface area is 175 Å². The van der Waals surface area contributed by atoms with Crippen molar-refractivity contribution < 1.29 is 13.9 Å². The Morgan fingerprint density at radius 3 is 2.77 bits per heavy atom. The van der Waals surface area contributed by atoms with E-state index in [9.17, 15) is 9.59 Å². The third-order valence-corrected chi connectivity index (χ3v) is 5.15. The molecule has 1 amide bonds. The third kappa shape index (κ3) is 4.71. The third-order valence-electron chi connectivity index (χ3n) is 5.15. The lowest BCUT2D eigenvalue weighted by Gasteiger charge is -2.18. The molecule has 2 heterocycles. The molecular formula is C24H24N2O4. The lowest BCUT2D eigenvalue weighted by atomic mass is 10.1. The second-order valence-electron chi connectivity index (χ2n) is 7.43. The number of rotatable bonds is 7. The van der Waals surface area contributed by atoms with Crippen molar-refractivity contribution in [2.24, 2.45) is 0 Å². The van der Waals surface area contributed by atoms with Crippen molar-refractivity contribution in [3.8, 4) is 5.75 Å². The zero-order valence-corrected chi connectivity index (χ0v) is 16.9. The highest BCUT2D eigenvalue weighted by atomic mass is 16.5. The van der Waals surface area contributed by atoms with E-state index >= 15 is 0 Å². The summed E-state index contributed by atoms with van der Waals surface area (Å²) < 4.78 is 10.9. The van der Waals surface area contributed by atoms with E-state index in [0.29, 0.717) is 18.8 Å². The molecule has 0 radical (unpaired) electrons. The highest BCUT2D eigenvalue weighted by Gasteiger charge is 2.19. The Bertz CT molecular complexity index is 1090. The summed E-state index contributed by atoms with van der Waals surface area (Å²) in [5.41, 5.74) is 4.34. The molecule has 4 rings (SSSR count). The van der Waals surface area contributed by atoms with Gasteiger partial charge < -0.3 is 19.4 Å². The van der Waals surface area contributed by atoms with E-state index in [-0.39, 0.29) is 23.7 Å². The molecule has 2 aromatic carbocycles. The van der Waals surface area contributed by atoms with Crippen LogP contribution in [0.4, 0.5) is 5.69 Å². The largest absolute Gasteiger partial charge is 0.477 e. The zero-order chi connectivity index (χ0) is 20.9. The van der Waals surface area contributed by atoms with Crippen LogP contribution in [-0.4, -0.2) is 19.1 Å². The van der Waals surface area contributed by atoms with Crippen LogP contribution in [-0.2, 0) is 24.3 Å². The van der Waals surface area contributed by atoms with Crippen LogP contribution in [0.1, 0.15) is 22.5 Å². The first kappa shape index (κ1) is 19.8. The first-order valence-corrected chi connectivity index (χ1v) is 9.98. The molecule has 0 fully saturated rings. The molecule has 1 aliphatic heterocycles. The fourth-order valence-electron chi connectivity index (χ4n) is 3.49. The van der Waals surface area contributed by atoms with E-state index in [1.54, 1.807) is 0 Å². The fraction of sp³-hybridized carbons (Fsp3) is 0.250. The number of carbonyl (C=O) groups excluding carboxylic acids is 1. The van der Waals surface area contributed by atoms with Crippen LogP contribution in [0, 0.1) is 6.92 Å². The molecule has 0 unspecified atom stereocenters. The van der Waals surface area contributed by atoms with Crippen LogP contribution >= 0.6 is 0 Å². The van der Waals surface area contributed by atoms with E-state index < -0.39 is 0 Å². The van der Waals surface area contributed by atoms with E-state index in [1.807, 2.05) is 43.3 Å². The molecule has 0 saturated heterocycles. The minimum Gasteiger partial charge on any atom is -0.477 e. The highest BCUT2D eigenvalue weighted by molar-refractivity contribution is 5.77. The van der Waals surface area contributed by atoms with Crippen LogP contribution in [0.3, 0.4) is 0 Å². The van der Waals surface area contributed by atoms with Gasteiger partial charge in [-0.05, 0) is 30.5 Å². The number of anilines is 1. The van der Waals surface area contributed by atoms with Crippen molar-refractivity contribution >= 4 is 11.6 Å². The summed E-state index contributed by atoms with van der Waals surface area (Å²) in [5.74, 6) is 0.298. The maximum absolute atomic E-state index is 12.3. The smallest absolute Gasteiger partial charge is 0.258 e. The van der Waals surface area contributed by atoms with Crippen molar-refractivity contribution in [3.05, 3.63) is 93.5 Å². The molecule has 1 aromatic heterocycles. The maximum Gasteiger partial charge on any atom is 0.258 e. The van der Waals surface area contributed by atoms with E-state index in [1.165, 1.54) is 23.6 Å². The Kier molecular flexibility index (Phi) is 5.84. The van der Waals surface area contributed by atoms with Crippen LogP contribution < -0.4 is 20.4 Å². The number of carbonyl (C=O) groups is 1. The fourth-order valence-corrected chi connectivity index (χ4v) is 3.49. The van der Waals surface area contributed by atoms with Crippen molar-refractivity contribution in [3.63, 3.8) is 0 Å². The number of hydrogen-bond acceptors (Lipinski definition) is 5. The molecular weight excluding hydrogens is 380 g/mol. The van der Waals surface area contributed by atoms with Crippen molar-refractivity contribution in [2.45, 2.75) is 26.4 Å². The number of aryl methyl sites for hydroxylation is 1. The average molecular weight is 404 g/mol. The van der Waals surface area contributed by atoms with E-state index in [4.69, 9.17) is 9.15 Å². The summed E-state index contributed by atoms with van der Waals surface area (Å²) in [6.45, 7) is 3.59. The van der Waals surface area contributed by atoms with Crippen molar-refractivity contribution in [1.29, 1.82) is 0 Å². The molecule has 1 N–H and O–H groups in total. The van der Waals surface area contributed by atoms with Gasteiger partial charge >= 0.3 is 0 Å². The number of benzene rings is 2. The number of nitrogens with one attached hydrogen (secondary N) is 1. The van der Waals surface area contributed by atoms with Crippen LogP contribution in [0.5, 0.6) is 5.75 Å². The van der Waals surface area contributed by atoms with Gasteiger partial charge in [0.05, 0.1) is 6.54 Å². The van der Waals surface area contributed by atoms with Gasteiger partial charge in [0.1, 0.15) is 12.0 Å². The number of amides is 1. The number of hydrogen-bond donors (Lipinski definition) is 1. The van der Waals surface area contributed by atoms with Crippen molar-refractivity contribution in [1.82, 2.24) is 5.32 Å². The van der Waals surface area contributed by atoms with Crippen LogP contribution in [0.25, 0.3) is 0 Å². The first-order chi connectivity index (χ1) is 14.6. The van der Waals surface area contributed by atoms with Gasteiger partial charge in [0, 0.05) is 24.8 Å². The summed E-state index contributed by atoms with van der Waals surface area (Å²) in [7, 11) is 0. The predicted octanol–water partition coefficient (Wildman–Crippen LogP) is 3.21. The normalized spacial score (nSPS) is 12.5. The lowest BCUT2D eigenvalue weighted by Crippen LogP contribution is -2.29. The number of para-hydroxylation sites is 1. The molecule has 0 saturated carbocycles. The molecule has 154 valence electrons. The predicted molar refractivity (Wildman–Crippen MR) is 115 cm³/mol. The Morgan fingerprint density at radius 1 is 1.17 bits per heavy atom. The quantitative estimate of drug-likeness (QED) is 0.655. The zero-order valence-electron chi connectivity index (χ0n) is 16.9. The van der Waals surface area contributed by atoms with Gasteiger partial charge in [-0.25, -0.2) is 0 Å². The van der Waals surface area contributed by atoms with Gasteiger partial charge in [-0.3, -0.25) is 9.59 Å². The second-order valence-corrected chi connectivity index (χ2v) is 7.43. The minimum absolute atomic E-state index is 0.0334. The minimum atomic E-state index is -0.298. The Balaban J connectivity index is 1.30. The van der Waals surface area contributed by atoms with E-state index in [0.717, 1.165) is 24.1 Å². The number of ether oxygens (including phenoxy) is 1. The first-order valence-electron chi connectivity index (χ1n) is 9.98. The second kappa shape index (κ2) is 8.86. The summed E-state index contributed by atoms with van der Waals surface area (Å²) in [5, 5.41) is 2.77. The van der Waals surface area contributed by atoms with Crippen molar-refractivity contribution in [2.75, 3.05) is 18.1 Å². The van der Waals surface area contributed by atoms with Gasteiger partial charge in [0.15, 0.2) is 6.61 Å². The van der Waals surface area contributed by atoms with E-state index in [2.05, 4.69) is 22.3 Å².